The van der Waals surface area contributed by atoms with Gasteiger partial charge in [0.05, 0.1) is 16.7 Å². The van der Waals surface area contributed by atoms with E-state index < -0.39 is 25.3 Å². The van der Waals surface area contributed by atoms with E-state index in [1.165, 1.54) is 8.96 Å². The molecule has 0 spiro atoms. The average molecular weight is 374 g/mol. The van der Waals surface area contributed by atoms with Crippen LogP contribution in [-0.4, -0.2) is 40.0 Å². The third kappa shape index (κ3) is 2.26. The van der Waals surface area contributed by atoms with Crippen molar-refractivity contribution < 1.29 is 22.4 Å². The number of rotatable bonds is 1. The summed E-state index contributed by atoms with van der Waals surface area (Å²) in [7, 11) is -0.670. The Labute approximate surface area is 159 Å². The van der Waals surface area contributed by atoms with Crippen LogP contribution in [0.25, 0.3) is 6.08 Å². The van der Waals surface area contributed by atoms with Gasteiger partial charge in [0.1, 0.15) is 5.71 Å². The van der Waals surface area contributed by atoms with E-state index in [1.807, 2.05) is 53.7 Å². The number of halogens is 2. The van der Waals surface area contributed by atoms with E-state index in [0.717, 1.165) is 11.1 Å². The van der Waals surface area contributed by atoms with E-state index in [9.17, 15) is 0 Å². The van der Waals surface area contributed by atoms with E-state index in [2.05, 4.69) is 0 Å². The Balaban J connectivity index is 1.89. The highest BCUT2D eigenvalue weighted by Gasteiger charge is 2.60. The number of fused-ring (bicyclic) bond motifs is 2. The molecule has 1 aromatic rings. The molecule has 3 aliphatic heterocycles. The topological polar surface area (TPSA) is 26.4 Å². The van der Waals surface area contributed by atoms with E-state index in [1.54, 1.807) is 13.8 Å². The van der Waals surface area contributed by atoms with Gasteiger partial charge < -0.3 is 26.9 Å². The molecule has 3 aliphatic rings. The van der Waals surface area contributed by atoms with Gasteiger partial charge in [0.25, 0.3) is 0 Å². The van der Waals surface area contributed by atoms with Crippen LogP contribution in [0.1, 0.15) is 58.5 Å². The van der Waals surface area contributed by atoms with Gasteiger partial charge >= 0.3 is 14.1 Å². The van der Waals surface area contributed by atoms with E-state index >= 15 is 8.63 Å². The predicted octanol–water partition coefficient (Wildman–Crippen LogP) is 4.12. The smallest absolute Gasteiger partial charge is 0.399 e. The number of allylic oxidation sites excluding steroid dienone is 2. The highest BCUT2D eigenvalue weighted by molar-refractivity contribution is 6.61. The van der Waals surface area contributed by atoms with Crippen molar-refractivity contribution in [3.05, 3.63) is 39.8 Å². The molecule has 4 nitrogen and oxygen atoms in total. The van der Waals surface area contributed by atoms with Gasteiger partial charge in [0.15, 0.2) is 5.70 Å². The molecule has 1 fully saturated rings. The van der Waals surface area contributed by atoms with Crippen molar-refractivity contribution in [3.63, 3.8) is 0 Å². The Kier molecular flexibility index (Phi) is 3.62. The Morgan fingerprint density at radius 2 is 1.59 bits per heavy atom. The quantitative estimate of drug-likeness (QED) is 0.692. The summed E-state index contributed by atoms with van der Waals surface area (Å²) >= 11 is 0. The van der Waals surface area contributed by atoms with Gasteiger partial charge in [-0.15, -0.1) is 0 Å². The van der Waals surface area contributed by atoms with Crippen molar-refractivity contribution in [3.8, 4) is 0 Å². The maximum atomic E-state index is 15.6. The molecule has 0 unspecified atom stereocenters. The summed E-state index contributed by atoms with van der Waals surface area (Å²) in [5.41, 5.74) is 3.46. The minimum atomic E-state index is -3.98. The van der Waals surface area contributed by atoms with Gasteiger partial charge in [-0.2, -0.15) is 0 Å². The zero-order valence-electron chi connectivity index (χ0n) is 17.3. The maximum absolute atomic E-state index is 15.6. The van der Waals surface area contributed by atoms with Crippen molar-refractivity contribution >= 4 is 25.9 Å². The summed E-state index contributed by atoms with van der Waals surface area (Å²) in [4.78, 5) is 0. The molecule has 0 radical (unpaired) electrons. The van der Waals surface area contributed by atoms with Gasteiger partial charge in [0.2, 0.25) is 0 Å². The van der Waals surface area contributed by atoms with Crippen LogP contribution in [0, 0.1) is 13.8 Å². The van der Waals surface area contributed by atoms with Gasteiger partial charge in [-0.05, 0) is 65.8 Å². The predicted molar refractivity (Wildman–Crippen MR) is 105 cm³/mol. The van der Waals surface area contributed by atoms with E-state index in [0.29, 0.717) is 28.3 Å². The normalized spacial score (nSPS) is 25.1. The molecular weight excluding hydrogens is 348 g/mol. The third-order valence-electron chi connectivity index (χ3n) is 6.81. The average Bonchev–Trinajstić information content (AvgIpc) is 3.01. The minimum Gasteiger partial charge on any atom is -0.399 e. The summed E-state index contributed by atoms with van der Waals surface area (Å²) in [6, 6.07) is 1.82. The molecule has 0 saturated carbocycles. The molecule has 1 saturated heterocycles. The second-order valence-electron chi connectivity index (χ2n) is 8.91. The number of aryl methyl sites for hydroxylation is 1. The lowest BCUT2D eigenvalue weighted by Gasteiger charge is -2.32. The fraction of sp³-hybridized carbons (Fsp3) is 0.526. The molecule has 0 amide bonds. The molecule has 144 valence electrons. The Morgan fingerprint density at radius 1 is 1.04 bits per heavy atom. The van der Waals surface area contributed by atoms with Gasteiger partial charge in [-0.25, -0.2) is 0 Å². The van der Waals surface area contributed by atoms with Crippen molar-refractivity contribution in [2.75, 3.05) is 0 Å². The fourth-order valence-electron chi connectivity index (χ4n) is 4.24. The first-order chi connectivity index (χ1) is 12.3. The van der Waals surface area contributed by atoms with Gasteiger partial charge in [-0.1, -0.05) is 0 Å². The Bertz CT molecular complexity index is 955. The number of nitrogens with zero attached hydrogens (tertiary/aromatic N) is 2. The number of hydrogen-bond donors (Lipinski definition) is 0. The maximum Gasteiger partial charge on any atom is 0.737 e. The van der Waals surface area contributed by atoms with Crippen molar-refractivity contribution in [2.45, 2.75) is 66.6 Å². The highest BCUT2D eigenvalue weighted by atomic mass is 19.2. The molecule has 0 bridgehead atoms. The second kappa shape index (κ2) is 5.23. The van der Waals surface area contributed by atoms with Crippen LogP contribution in [0.2, 0.25) is 0 Å². The molecule has 27 heavy (non-hydrogen) atoms. The van der Waals surface area contributed by atoms with E-state index in [-0.39, 0.29) is 0 Å². The second-order valence-corrected chi connectivity index (χ2v) is 8.91. The number of aromatic nitrogens is 1. The molecule has 8 heteroatoms. The van der Waals surface area contributed by atoms with Gasteiger partial charge in [0, 0.05) is 24.3 Å². The van der Waals surface area contributed by atoms with Crippen molar-refractivity contribution in [2.24, 2.45) is 0 Å². The van der Waals surface area contributed by atoms with E-state index in [4.69, 9.17) is 9.31 Å². The molecule has 1 aromatic heterocycles. The lowest BCUT2D eigenvalue weighted by Crippen LogP contribution is -2.51. The molecule has 4 heterocycles. The monoisotopic (exact) mass is 374 g/mol. The summed E-state index contributed by atoms with van der Waals surface area (Å²) in [5.74, 6) is 0. The van der Waals surface area contributed by atoms with Crippen LogP contribution in [0.3, 0.4) is 0 Å². The minimum absolute atomic E-state index is 0.485. The highest BCUT2D eigenvalue weighted by Crippen LogP contribution is 2.45. The Hall–Kier alpha value is -1.66. The molecule has 0 N–H and O–H groups in total. The molecular formula is C19H26B2F2N2O2. The summed E-state index contributed by atoms with van der Waals surface area (Å²) in [6.45, 7) is 11.1. The first kappa shape index (κ1) is 18.7. The van der Waals surface area contributed by atoms with Crippen LogP contribution in [-0.2, 0) is 9.31 Å². The van der Waals surface area contributed by atoms with Gasteiger partial charge in [-0.3, -0.25) is 0 Å². The van der Waals surface area contributed by atoms with Crippen LogP contribution in [0.15, 0.2) is 22.8 Å². The summed E-state index contributed by atoms with van der Waals surface area (Å²) < 4.78 is 45.9. The molecule has 0 aromatic carbocycles. The lowest BCUT2D eigenvalue weighted by molar-refractivity contribution is -0.362. The molecule has 4 rings (SSSR count). The standard InChI is InChI=1S/C19H26B2F2N2O2/c1-11-9-15-10-16-17(20-26-18(5,6)19(7,8)27-20)12(2)14(4)25(16)21(22,23)24(15)13(11)3/h9-10H,1-8H3. The number of hydrogen-bond acceptors (Lipinski definition) is 2. The molecule has 0 aliphatic carbocycles. The summed E-state index contributed by atoms with van der Waals surface area (Å²) in [5, 5.41) is 0. The largest absolute Gasteiger partial charge is 0.737 e. The summed E-state index contributed by atoms with van der Waals surface area (Å²) in [6.07, 6.45) is 1.83. The SMILES string of the molecule is CC1=C(B2OC(C)(C)C(C)(C)O2)C2=Cc3cc(C)c(C)n3[B-](F)(F)[N+]2=C1C. The zero-order chi connectivity index (χ0) is 20.1. The Morgan fingerprint density at radius 3 is 2.15 bits per heavy atom. The van der Waals surface area contributed by atoms with Crippen LogP contribution in [0.5, 0.6) is 0 Å². The van der Waals surface area contributed by atoms with Crippen LogP contribution in [0.4, 0.5) is 8.63 Å². The zero-order valence-corrected chi connectivity index (χ0v) is 17.3. The fourth-order valence-corrected chi connectivity index (χ4v) is 4.24. The molecule has 0 atom stereocenters. The first-order valence-corrected chi connectivity index (χ1v) is 9.42. The lowest BCUT2D eigenvalue weighted by atomic mass is 9.72. The first-order valence-electron chi connectivity index (χ1n) is 9.42. The van der Waals surface area contributed by atoms with Crippen LogP contribution < -0.4 is 0 Å². The third-order valence-corrected chi connectivity index (χ3v) is 6.81. The van der Waals surface area contributed by atoms with Crippen molar-refractivity contribution in [1.82, 2.24) is 4.48 Å². The van der Waals surface area contributed by atoms with Crippen LogP contribution >= 0.6 is 0 Å². The van der Waals surface area contributed by atoms with Crippen molar-refractivity contribution in [1.29, 1.82) is 0 Å².